The molecule has 0 saturated heterocycles. The first kappa shape index (κ1) is 20.4. The molecule has 0 radical (unpaired) electrons. The quantitative estimate of drug-likeness (QED) is 0.377. The predicted octanol–water partition coefficient (Wildman–Crippen LogP) is 3.26. The Labute approximate surface area is 117 Å². The van der Waals surface area contributed by atoms with Gasteiger partial charge in [-0.15, -0.1) is 0 Å². The molecule has 0 spiro atoms. The summed E-state index contributed by atoms with van der Waals surface area (Å²) in [6.07, 6.45) is 10.3. The Morgan fingerprint density at radius 1 is 0.947 bits per heavy atom. The zero-order valence-electron chi connectivity index (χ0n) is 12.7. The minimum absolute atomic E-state index is 0.115. The van der Waals surface area contributed by atoms with Gasteiger partial charge in [0.1, 0.15) is 12.2 Å². The Kier molecular flexibility index (Phi) is 18.4. The van der Waals surface area contributed by atoms with Crippen molar-refractivity contribution in [3.8, 4) is 0 Å². The molecular formula is C15H30O4. The number of hydrogen-bond acceptors (Lipinski definition) is 4. The first-order valence-electron chi connectivity index (χ1n) is 7.25. The van der Waals surface area contributed by atoms with Crippen LogP contribution in [0.5, 0.6) is 0 Å². The first-order chi connectivity index (χ1) is 9.08. The van der Waals surface area contributed by atoms with Crippen LogP contribution in [0.2, 0.25) is 0 Å². The fourth-order valence-corrected chi connectivity index (χ4v) is 1.52. The van der Waals surface area contributed by atoms with Crippen molar-refractivity contribution >= 4 is 11.8 Å². The third kappa shape index (κ3) is 22.7. The van der Waals surface area contributed by atoms with Gasteiger partial charge in [0.15, 0.2) is 0 Å². The molecule has 0 aliphatic heterocycles. The molecule has 0 atom stereocenters. The molecule has 0 saturated carbocycles. The average molecular weight is 274 g/mol. The molecule has 0 rings (SSSR count). The van der Waals surface area contributed by atoms with Gasteiger partial charge in [-0.25, -0.2) is 0 Å². The van der Waals surface area contributed by atoms with E-state index in [1.807, 2.05) is 0 Å². The van der Waals surface area contributed by atoms with Crippen molar-refractivity contribution < 1.29 is 19.4 Å². The van der Waals surface area contributed by atoms with E-state index in [1.165, 1.54) is 59.0 Å². The fourth-order valence-electron chi connectivity index (χ4n) is 1.52. The molecule has 4 nitrogen and oxygen atoms in total. The van der Waals surface area contributed by atoms with Crippen LogP contribution < -0.4 is 0 Å². The van der Waals surface area contributed by atoms with Crippen LogP contribution >= 0.6 is 0 Å². The zero-order valence-corrected chi connectivity index (χ0v) is 12.7. The van der Waals surface area contributed by atoms with Crippen molar-refractivity contribution in [2.45, 2.75) is 71.6 Å². The lowest BCUT2D eigenvalue weighted by molar-refractivity contribution is -0.142. The van der Waals surface area contributed by atoms with E-state index in [2.05, 4.69) is 11.7 Å². The zero-order chi connectivity index (χ0) is 14.9. The van der Waals surface area contributed by atoms with Crippen molar-refractivity contribution in [2.24, 2.45) is 0 Å². The van der Waals surface area contributed by atoms with Gasteiger partial charge in [-0.3, -0.25) is 9.59 Å². The van der Waals surface area contributed by atoms with Crippen molar-refractivity contribution in [1.29, 1.82) is 0 Å². The Hall–Kier alpha value is -0.900. The monoisotopic (exact) mass is 274 g/mol. The highest BCUT2D eigenvalue weighted by molar-refractivity contribution is 5.93. The number of rotatable bonds is 10. The smallest absolute Gasteiger partial charge is 0.313 e. The summed E-state index contributed by atoms with van der Waals surface area (Å²) in [4.78, 5) is 20.3. The number of Topliss-reactive ketones (excluding diaryl/α,β-unsaturated/α-hetero) is 1. The Balaban J connectivity index is 0. The molecular weight excluding hydrogens is 244 g/mol. The minimum Gasteiger partial charge on any atom is -0.469 e. The predicted molar refractivity (Wildman–Crippen MR) is 77.0 cm³/mol. The summed E-state index contributed by atoms with van der Waals surface area (Å²) < 4.78 is 4.20. The molecule has 0 bridgehead atoms. The van der Waals surface area contributed by atoms with Crippen LogP contribution in [0, 0.1) is 0 Å². The number of aliphatic hydroxyl groups excluding tert-OH is 1. The number of aliphatic hydroxyl groups is 1. The van der Waals surface area contributed by atoms with Gasteiger partial charge in [0.25, 0.3) is 0 Å². The van der Waals surface area contributed by atoms with Crippen LogP contribution in [0.25, 0.3) is 0 Å². The largest absolute Gasteiger partial charge is 0.469 e. The van der Waals surface area contributed by atoms with Gasteiger partial charge in [0.2, 0.25) is 0 Å². The standard InChI is InChI=1S/C10H22O.C5H8O3/c1-2-3-4-5-6-7-8-9-10-11;1-4(6)3-5(7)8-2/h11H,2-10H2,1H3;3H2,1-2H3. The first-order valence-corrected chi connectivity index (χ1v) is 7.25. The molecule has 0 aromatic rings. The summed E-state index contributed by atoms with van der Waals surface area (Å²) in [6.45, 7) is 3.96. The summed E-state index contributed by atoms with van der Waals surface area (Å²) >= 11 is 0. The highest BCUT2D eigenvalue weighted by atomic mass is 16.5. The van der Waals surface area contributed by atoms with E-state index < -0.39 is 5.97 Å². The fraction of sp³-hybridized carbons (Fsp3) is 0.867. The lowest BCUT2D eigenvalue weighted by Gasteiger charge is -1.98. The number of hydrogen-bond donors (Lipinski definition) is 1. The molecule has 0 unspecified atom stereocenters. The van der Waals surface area contributed by atoms with E-state index in [9.17, 15) is 9.59 Å². The summed E-state index contributed by atoms with van der Waals surface area (Å²) in [5.74, 6) is -0.644. The molecule has 0 aliphatic carbocycles. The third-order valence-corrected chi connectivity index (χ3v) is 2.63. The molecule has 1 N–H and O–H groups in total. The van der Waals surface area contributed by atoms with Crippen LogP contribution in [0.15, 0.2) is 0 Å². The Morgan fingerprint density at radius 2 is 1.42 bits per heavy atom. The number of unbranched alkanes of at least 4 members (excludes halogenated alkanes) is 7. The second-order valence-corrected chi connectivity index (χ2v) is 4.65. The van der Waals surface area contributed by atoms with E-state index in [1.54, 1.807) is 0 Å². The van der Waals surface area contributed by atoms with Gasteiger partial charge < -0.3 is 9.84 Å². The maximum Gasteiger partial charge on any atom is 0.313 e. The lowest BCUT2D eigenvalue weighted by atomic mass is 10.1. The van der Waals surface area contributed by atoms with E-state index in [4.69, 9.17) is 5.11 Å². The number of esters is 1. The molecule has 0 aromatic heterocycles. The van der Waals surface area contributed by atoms with E-state index in [0.29, 0.717) is 6.61 Å². The van der Waals surface area contributed by atoms with Gasteiger partial charge >= 0.3 is 5.97 Å². The highest BCUT2D eigenvalue weighted by Gasteiger charge is 2.01. The molecule has 114 valence electrons. The lowest BCUT2D eigenvalue weighted by Crippen LogP contribution is -2.05. The van der Waals surface area contributed by atoms with Crippen LogP contribution in [0.1, 0.15) is 71.6 Å². The normalized spacial score (nSPS) is 9.47. The third-order valence-electron chi connectivity index (χ3n) is 2.63. The number of carbonyl (C=O) groups excluding carboxylic acids is 2. The molecule has 0 heterocycles. The molecule has 0 aromatic carbocycles. The van der Waals surface area contributed by atoms with Crippen LogP contribution in [-0.4, -0.2) is 30.6 Å². The molecule has 4 heteroatoms. The van der Waals surface area contributed by atoms with Gasteiger partial charge in [-0.05, 0) is 13.3 Å². The Morgan fingerprint density at radius 3 is 1.74 bits per heavy atom. The maximum atomic E-state index is 10.2. The van der Waals surface area contributed by atoms with Crippen molar-refractivity contribution in [3.05, 3.63) is 0 Å². The molecule has 19 heavy (non-hydrogen) atoms. The summed E-state index contributed by atoms with van der Waals surface area (Å²) in [7, 11) is 1.26. The SMILES string of the molecule is CCCCCCCCCCO.COC(=O)CC(C)=O. The van der Waals surface area contributed by atoms with E-state index in [-0.39, 0.29) is 12.2 Å². The minimum atomic E-state index is -0.475. The highest BCUT2D eigenvalue weighted by Crippen LogP contribution is 2.07. The van der Waals surface area contributed by atoms with E-state index >= 15 is 0 Å². The van der Waals surface area contributed by atoms with Gasteiger partial charge in [-0.2, -0.15) is 0 Å². The topological polar surface area (TPSA) is 63.6 Å². The number of carbonyl (C=O) groups is 2. The molecule has 0 fully saturated rings. The number of ketones is 1. The second-order valence-electron chi connectivity index (χ2n) is 4.65. The van der Waals surface area contributed by atoms with Gasteiger partial charge in [0.05, 0.1) is 7.11 Å². The summed E-state index contributed by atoms with van der Waals surface area (Å²) in [5.41, 5.74) is 0. The molecule has 0 amide bonds. The van der Waals surface area contributed by atoms with Gasteiger partial charge in [0, 0.05) is 6.61 Å². The van der Waals surface area contributed by atoms with Crippen molar-refractivity contribution in [1.82, 2.24) is 0 Å². The van der Waals surface area contributed by atoms with Crippen molar-refractivity contribution in [2.75, 3.05) is 13.7 Å². The second kappa shape index (κ2) is 17.1. The summed E-state index contributed by atoms with van der Waals surface area (Å²) in [5, 5.41) is 8.51. The van der Waals surface area contributed by atoms with Crippen LogP contribution in [-0.2, 0) is 14.3 Å². The van der Waals surface area contributed by atoms with Crippen molar-refractivity contribution in [3.63, 3.8) is 0 Å². The van der Waals surface area contributed by atoms with Gasteiger partial charge in [-0.1, -0.05) is 51.9 Å². The average Bonchev–Trinajstić information content (AvgIpc) is 2.38. The van der Waals surface area contributed by atoms with E-state index in [0.717, 1.165) is 6.42 Å². The summed E-state index contributed by atoms with van der Waals surface area (Å²) in [6, 6.07) is 0. The van der Waals surface area contributed by atoms with Crippen LogP contribution in [0.4, 0.5) is 0 Å². The molecule has 0 aliphatic rings. The number of ether oxygens (including phenoxy) is 1. The Bertz CT molecular complexity index is 206. The maximum absolute atomic E-state index is 10.2. The number of methoxy groups -OCH3 is 1. The van der Waals surface area contributed by atoms with Crippen LogP contribution in [0.3, 0.4) is 0 Å².